The molecule has 2 unspecified atom stereocenters. The molecule has 2 atom stereocenters. The molecule has 3 N–H and O–H groups in total. The summed E-state index contributed by atoms with van der Waals surface area (Å²) in [6.45, 7) is 3.78. The second-order valence-electron chi connectivity index (χ2n) is 10.3. The molecule has 0 aliphatic rings. The van der Waals surface area contributed by atoms with Crippen LogP contribution in [0.1, 0.15) is 30.7 Å². The number of fused-ring (bicyclic) bond motifs is 1. The molecule has 202 valence electrons. The molecule has 0 fully saturated rings. The van der Waals surface area contributed by atoms with Crippen molar-refractivity contribution >= 4 is 39.8 Å². The Hall–Kier alpha value is -3.49. The van der Waals surface area contributed by atoms with Gasteiger partial charge < -0.3 is 20.9 Å². The summed E-state index contributed by atoms with van der Waals surface area (Å²) in [5, 5.41) is 6.79. The number of nitrogens with zero attached hydrogens (tertiary/aromatic N) is 2. The van der Waals surface area contributed by atoms with E-state index in [1.165, 1.54) is 15.9 Å². The van der Waals surface area contributed by atoms with Crippen LogP contribution in [0, 0.1) is 0 Å². The molecule has 0 aliphatic heterocycles. The Balaban J connectivity index is 1.92. The fraction of sp³-hybridized carbons (Fsp3) is 0.367. The molecule has 8 heteroatoms. The van der Waals surface area contributed by atoms with E-state index in [-0.39, 0.29) is 17.7 Å². The first kappa shape index (κ1) is 29.1. The van der Waals surface area contributed by atoms with Crippen molar-refractivity contribution in [1.29, 1.82) is 0 Å². The van der Waals surface area contributed by atoms with Gasteiger partial charge in [0.15, 0.2) is 0 Å². The number of carbonyl (C=O) groups excluding carboxylic acids is 3. The first-order valence-corrected chi connectivity index (χ1v) is 13.6. The normalized spacial score (nSPS) is 13.3. The van der Waals surface area contributed by atoms with Crippen LogP contribution in [0.5, 0.6) is 0 Å². The third-order valence-corrected chi connectivity index (χ3v) is 7.49. The minimum atomic E-state index is -0.806. The van der Waals surface area contributed by atoms with Crippen LogP contribution in [0.15, 0.2) is 72.1 Å². The minimum Gasteiger partial charge on any atom is -0.357 e. The van der Waals surface area contributed by atoms with Crippen molar-refractivity contribution in [3.05, 3.63) is 82.6 Å². The highest BCUT2D eigenvalue weighted by Crippen LogP contribution is 2.21. The maximum Gasteiger partial charge on any atom is 0.246 e. The standard InChI is InChI=1S/C30H38N4O3S/c1-30(2,31)16-8-13-27(35)33(4)26(19-21-14-15-22-10-6-7-11-23(22)18-21)29(37)34(5)25(28(36)32-3)20-24-12-9-17-38-24/h6-15,17-18,25-26H,16,19-20,31H2,1-5H3,(H,32,36)/b13-8+. The lowest BCUT2D eigenvalue weighted by atomic mass is 9.99. The van der Waals surface area contributed by atoms with Gasteiger partial charge >= 0.3 is 0 Å². The molecule has 7 nitrogen and oxygen atoms in total. The topological polar surface area (TPSA) is 95.7 Å². The molecule has 0 saturated heterocycles. The highest BCUT2D eigenvalue weighted by atomic mass is 32.1. The van der Waals surface area contributed by atoms with Crippen LogP contribution in [0.2, 0.25) is 0 Å². The van der Waals surface area contributed by atoms with Crippen LogP contribution in [0.25, 0.3) is 10.8 Å². The summed E-state index contributed by atoms with van der Waals surface area (Å²) in [4.78, 5) is 43.9. The average molecular weight is 535 g/mol. The Labute approximate surface area is 229 Å². The molecule has 3 amide bonds. The van der Waals surface area contributed by atoms with Gasteiger partial charge in [-0.1, -0.05) is 54.6 Å². The van der Waals surface area contributed by atoms with E-state index in [2.05, 4.69) is 5.32 Å². The number of likely N-dealkylation sites (N-methyl/N-ethyl adjacent to an activating group) is 3. The van der Waals surface area contributed by atoms with Gasteiger partial charge in [-0.15, -0.1) is 11.3 Å². The van der Waals surface area contributed by atoms with Gasteiger partial charge in [-0.05, 0) is 54.1 Å². The Morgan fingerprint density at radius 1 is 0.974 bits per heavy atom. The Bertz CT molecular complexity index is 1280. The van der Waals surface area contributed by atoms with E-state index >= 15 is 0 Å². The van der Waals surface area contributed by atoms with Crippen molar-refractivity contribution in [3.63, 3.8) is 0 Å². The van der Waals surface area contributed by atoms with Gasteiger partial charge in [-0.2, -0.15) is 0 Å². The highest BCUT2D eigenvalue weighted by molar-refractivity contribution is 7.09. The number of hydrogen-bond acceptors (Lipinski definition) is 5. The average Bonchev–Trinajstić information content (AvgIpc) is 3.41. The summed E-state index contributed by atoms with van der Waals surface area (Å²) in [5.41, 5.74) is 6.53. The number of benzene rings is 2. The summed E-state index contributed by atoms with van der Waals surface area (Å²) >= 11 is 1.54. The molecule has 0 bridgehead atoms. The zero-order chi connectivity index (χ0) is 27.9. The molecule has 2 aromatic carbocycles. The number of carbonyl (C=O) groups is 3. The molecule has 0 spiro atoms. The van der Waals surface area contributed by atoms with Crippen LogP contribution in [-0.4, -0.2) is 66.3 Å². The molecule has 0 aliphatic carbocycles. The second kappa shape index (κ2) is 12.8. The van der Waals surface area contributed by atoms with Crippen molar-refractivity contribution in [3.8, 4) is 0 Å². The number of rotatable bonds is 11. The molecule has 0 radical (unpaired) electrons. The van der Waals surface area contributed by atoms with E-state index in [1.807, 2.05) is 73.8 Å². The van der Waals surface area contributed by atoms with Crippen molar-refractivity contribution in [2.24, 2.45) is 5.73 Å². The molecule has 3 aromatic rings. The van der Waals surface area contributed by atoms with Crippen molar-refractivity contribution < 1.29 is 14.4 Å². The van der Waals surface area contributed by atoms with E-state index in [0.717, 1.165) is 21.2 Å². The first-order valence-electron chi connectivity index (χ1n) is 12.7. The van der Waals surface area contributed by atoms with E-state index in [4.69, 9.17) is 5.73 Å². The second-order valence-corrected chi connectivity index (χ2v) is 11.3. The zero-order valence-electron chi connectivity index (χ0n) is 22.8. The van der Waals surface area contributed by atoms with Crippen LogP contribution in [0.3, 0.4) is 0 Å². The third-order valence-electron chi connectivity index (χ3n) is 6.59. The minimum absolute atomic E-state index is 0.252. The molecular formula is C30H38N4O3S. The molecule has 38 heavy (non-hydrogen) atoms. The Kier molecular flexibility index (Phi) is 9.83. The van der Waals surface area contributed by atoms with E-state index in [9.17, 15) is 14.4 Å². The Morgan fingerprint density at radius 2 is 1.68 bits per heavy atom. The van der Waals surface area contributed by atoms with Gasteiger partial charge in [0.05, 0.1) is 0 Å². The largest absolute Gasteiger partial charge is 0.357 e. The predicted octanol–water partition coefficient (Wildman–Crippen LogP) is 3.77. The quantitative estimate of drug-likeness (QED) is 0.366. The lowest BCUT2D eigenvalue weighted by molar-refractivity contribution is -0.146. The maximum atomic E-state index is 14.0. The van der Waals surface area contributed by atoms with Gasteiger partial charge in [0.1, 0.15) is 12.1 Å². The lowest BCUT2D eigenvalue weighted by Crippen LogP contribution is -2.55. The van der Waals surface area contributed by atoms with Crippen LogP contribution in [0.4, 0.5) is 0 Å². The summed E-state index contributed by atoms with van der Waals surface area (Å²) in [6, 6.07) is 16.4. The summed E-state index contributed by atoms with van der Waals surface area (Å²) in [5.74, 6) is -0.846. The van der Waals surface area contributed by atoms with Crippen molar-refractivity contribution in [2.75, 3.05) is 21.1 Å². The summed E-state index contributed by atoms with van der Waals surface area (Å²) in [6.07, 6.45) is 4.44. The summed E-state index contributed by atoms with van der Waals surface area (Å²) < 4.78 is 0. The van der Waals surface area contributed by atoms with Crippen LogP contribution in [-0.2, 0) is 27.2 Å². The van der Waals surface area contributed by atoms with Gasteiger partial charge in [-0.25, -0.2) is 0 Å². The summed E-state index contributed by atoms with van der Waals surface area (Å²) in [7, 11) is 4.83. The number of nitrogens with one attached hydrogen (secondary N) is 1. The smallest absolute Gasteiger partial charge is 0.246 e. The van der Waals surface area contributed by atoms with Crippen molar-refractivity contribution in [1.82, 2.24) is 15.1 Å². The number of thiophene rings is 1. The Morgan fingerprint density at radius 3 is 2.32 bits per heavy atom. The third kappa shape index (κ3) is 7.76. The SMILES string of the molecule is CNC(=O)C(Cc1cccs1)N(C)C(=O)C(Cc1ccc2ccccc2c1)N(C)C(=O)/C=C/CC(C)(C)N. The van der Waals surface area contributed by atoms with Gasteiger partial charge in [0, 0.05) is 44.4 Å². The molecule has 3 rings (SSSR count). The van der Waals surface area contributed by atoms with Gasteiger partial charge in [0.25, 0.3) is 0 Å². The zero-order valence-corrected chi connectivity index (χ0v) is 23.6. The maximum absolute atomic E-state index is 14.0. The lowest BCUT2D eigenvalue weighted by Gasteiger charge is -2.34. The van der Waals surface area contributed by atoms with Crippen LogP contribution < -0.4 is 11.1 Å². The van der Waals surface area contributed by atoms with Gasteiger partial charge in [-0.3, -0.25) is 14.4 Å². The molecular weight excluding hydrogens is 496 g/mol. The number of nitrogens with two attached hydrogens (primary N) is 1. The molecule has 1 aromatic heterocycles. The van der Waals surface area contributed by atoms with E-state index in [0.29, 0.717) is 19.3 Å². The van der Waals surface area contributed by atoms with Crippen LogP contribution >= 0.6 is 11.3 Å². The predicted molar refractivity (Wildman–Crippen MR) is 155 cm³/mol. The fourth-order valence-electron chi connectivity index (χ4n) is 4.29. The monoisotopic (exact) mass is 534 g/mol. The molecule has 0 saturated carbocycles. The molecule has 1 heterocycles. The highest BCUT2D eigenvalue weighted by Gasteiger charge is 2.34. The first-order chi connectivity index (χ1) is 18.0. The van der Waals surface area contributed by atoms with E-state index in [1.54, 1.807) is 38.6 Å². The van der Waals surface area contributed by atoms with Gasteiger partial charge in [0.2, 0.25) is 17.7 Å². The number of amides is 3. The van der Waals surface area contributed by atoms with E-state index < -0.39 is 17.6 Å². The number of hydrogen-bond donors (Lipinski definition) is 2. The fourth-order valence-corrected chi connectivity index (χ4v) is 5.04. The van der Waals surface area contributed by atoms with Crippen molar-refractivity contribution in [2.45, 2.75) is 50.7 Å².